The van der Waals surface area contributed by atoms with Gasteiger partial charge in [-0.2, -0.15) is 0 Å². The van der Waals surface area contributed by atoms with Gasteiger partial charge in [0.15, 0.2) is 11.5 Å². The maximum atomic E-state index is 12.8. The van der Waals surface area contributed by atoms with Gasteiger partial charge >= 0.3 is 6.03 Å². The number of para-hydroxylation sites is 1. The van der Waals surface area contributed by atoms with Gasteiger partial charge < -0.3 is 9.84 Å². The number of amides is 4. The lowest BCUT2D eigenvalue weighted by molar-refractivity contribution is -0.122. The zero-order chi connectivity index (χ0) is 18.8. The molecule has 0 saturated carbocycles. The van der Waals surface area contributed by atoms with Crippen LogP contribution in [-0.2, 0) is 9.59 Å². The average molecular weight is 352 g/mol. The lowest BCUT2D eigenvalue weighted by atomic mass is 10.1. The number of carbonyl (C=O) groups is 3. The number of hydrogen-bond donors (Lipinski definition) is 2. The number of phenols is 1. The number of carbonyl (C=O) groups excluding carboxylic acids is 3. The van der Waals surface area contributed by atoms with E-state index in [0.717, 1.165) is 10.5 Å². The average Bonchev–Trinajstić information content (AvgIpc) is 2.61. The summed E-state index contributed by atoms with van der Waals surface area (Å²) < 4.78 is 5.02. The van der Waals surface area contributed by atoms with Crippen molar-refractivity contribution in [2.45, 2.75) is 6.92 Å². The van der Waals surface area contributed by atoms with Crippen molar-refractivity contribution < 1.29 is 24.2 Å². The number of urea groups is 1. The summed E-state index contributed by atoms with van der Waals surface area (Å²) in [5.41, 5.74) is 1.39. The molecule has 1 fully saturated rings. The van der Waals surface area contributed by atoms with E-state index in [2.05, 4.69) is 5.32 Å². The van der Waals surface area contributed by atoms with E-state index in [4.69, 9.17) is 4.74 Å². The van der Waals surface area contributed by atoms with E-state index in [-0.39, 0.29) is 17.1 Å². The first kappa shape index (κ1) is 17.2. The fraction of sp³-hybridized carbons (Fsp3) is 0.105. The maximum Gasteiger partial charge on any atom is 0.335 e. The third-order valence-corrected chi connectivity index (χ3v) is 3.97. The van der Waals surface area contributed by atoms with Crippen molar-refractivity contribution in [3.63, 3.8) is 0 Å². The standard InChI is InChI=1S/C19H16N2O5/c1-11-5-3-4-6-14(11)21-18(24)13(17(23)20-19(21)25)9-12-7-8-15(22)16(10-12)26-2/h3-10,22H,1-2H3,(H,20,23,25)/b13-9+. The first-order valence-electron chi connectivity index (χ1n) is 7.76. The number of imide groups is 2. The molecular formula is C19H16N2O5. The van der Waals surface area contributed by atoms with Gasteiger partial charge in [0.05, 0.1) is 12.8 Å². The van der Waals surface area contributed by atoms with Gasteiger partial charge in [0.25, 0.3) is 11.8 Å². The summed E-state index contributed by atoms with van der Waals surface area (Å²) in [7, 11) is 1.39. The van der Waals surface area contributed by atoms with Gasteiger partial charge in [0.1, 0.15) is 5.57 Å². The van der Waals surface area contributed by atoms with Crippen molar-refractivity contribution in [1.29, 1.82) is 0 Å². The quantitative estimate of drug-likeness (QED) is 0.653. The Balaban J connectivity index is 2.04. The summed E-state index contributed by atoms with van der Waals surface area (Å²) in [6, 6.07) is 10.5. The molecule has 132 valence electrons. The number of hydrogen-bond acceptors (Lipinski definition) is 5. The minimum absolute atomic E-state index is 0.0641. The van der Waals surface area contributed by atoms with Gasteiger partial charge in [-0.1, -0.05) is 24.3 Å². The Morgan fingerprint density at radius 2 is 1.85 bits per heavy atom. The normalized spacial score (nSPS) is 16.0. The molecule has 2 N–H and O–H groups in total. The van der Waals surface area contributed by atoms with Crippen LogP contribution in [0.1, 0.15) is 11.1 Å². The highest BCUT2D eigenvalue weighted by molar-refractivity contribution is 6.39. The highest BCUT2D eigenvalue weighted by atomic mass is 16.5. The van der Waals surface area contributed by atoms with Gasteiger partial charge in [-0.05, 0) is 42.3 Å². The number of anilines is 1. The summed E-state index contributed by atoms with van der Waals surface area (Å²) in [4.78, 5) is 38.1. The summed E-state index contributed by atoms with van der Waals surface area (Å²) in [5.74, 6) is -1.36. The molecule has 0 bridgehead atoms. The Labute approximate surface area is 149 Å². The number of nitrogens with one attached hydrogen (secondary N) is 1. The van der Waals surface area contributed by atoms with Crippen LogP contribution < -0.4 is 15.0 Å². The molecule has 1 aliphatic rings. The number of aromatic hydroxyl groups is 1. The Morgan fingerprint density at radius 1 is 1.12 bits per heavy atom. The van der Waals surface area contributed by atoms with Gasteiger partial charge in [0, 0.05) is 0 Å². The van der Waals surface area contributed by atoms with Crippen molar-refractivity contribution in [3.05, 3.63) is 59.2 Å². The van der Waals surface area contributed by atoms with Crippen LogP contribution in [0.4, 0.5) is 10.5 Å². The van der Waals surface area contributed by atoms with Crippen LogP contribution in [0.15, 0.2) is 48.0 Å². The van der Waals surface area contributed by atoms with Crippen molar-refractivity contribution in [1.82, 2.24) is 5.32 Å². The van der Waals surface area contributed by atoms with Crippen LogP contribution in [0.2, 0.25) is 0 Å². The number of benzene rings is 2. The molecule has 2 aromatic carbocycles. The molecule has 26 heavy (non-hydrogen) atoms. The Bertz CT molecular complexity index is 949. The molecule has 0 radical (unpaired) electrons. The van der Waals surface area contributed by atoms with E-state index in [1.165, 1.54) is 31.4 Å². The van der Waals surface area contributed by atoms with Crippen molar-refractivity contribution in [3.8, 4) is 11.5 Å². The summed E-state index contributed by atoms with van der Waals surface area (Å²) in [5, 5.41) is 11.8. The molecule has 7 heteroatoms. The molecule has 0 atom stereocenters. The molecule has 1 aliphatic heterocycles. The number of methoxy groups -OCH3 is 1. The van der Waals surface area contributed by atoms with Crippen LogP contribution in [0.25, 0.3) is 6.08 Å². The van der Waals surface area contributed by atoms with Gasteiger partial charge in [-0.15, -0.1) is 0 Å². The number of phenolic OH excluding ortho intramolecular Hbond substituents is 1. The third kappa shape index (κ3) is 3.02. The van der Waals surface area contributed by atoms with Gasteiger partial charge in [0.2, 0.25) is 0 Å². The van der Waals surface area contributed by atoms with Gasteiger partial charge in [-0.25, -0.2) is 9.69 Å². The molecule has 0 aromatic heterocycles. The number of aryl methyl sites for hydroxylation is 1. The zero-order valence-corrected chi connectivity index (χ0v) is 14.1. The molecule has 0 spiro atoms. The summed E-state index contributed by atoms with van der Waals surface area (Å²) in [6.07, 6.45) is 1.34. The molecule has 4 amide bonds. The van der Waals surface area contributed by atoms with Crippen molar-refractivity contribution in [2.75, 3.05) is 12.0 Å². The first-order chi connectivity index (χ1) is 12.4. The molecule has 1 heterocycles. The minimum atomic E-state index is -0.797. The van der Waals surface area contributed by atoms with E-state index in [1.807, 2.05) is 0 Å². The third-order valence-electron chi connectivity index (χ3n) is 3.97. The second-order valence-corrected chi connectivity index (χ2v) is 5.68. The highest BCUT2D eigenvalue weighted by Crippen LogP contribution is 2.29. The molecule has 3 rings (SSSR count). The minimum Gasteiger partial charge on any atom is -0.504 e. The second kappa shape index (κ2) is 6.72. The van der Waals surface area contributed by atoms with Crippen LogP contribution in [0, 0.1) is 6.92 Å². The fourth-order valence-corrected chi connectivity index (χ4v) is 2.64. The van der Waals surface area contributed by atoms with Crippen LogP contribution >= 0.6 is 0 Å². The predicted molar refractivity (Wildman–Crippen MR) is 94.8 cm³/mol. The van der Waals surface area contributed by atoms with Crippen LogP contribution in [0.3, 0.4) is 0 Å². The van der Waals surface area contributed by atoms with Crippen LogP contribution in [-0.4, -0.2) is 30.1 Å². The summed E-state index contributed by atoms with van der Waals surface area (Å²) in [6.45, 7) is 1.76. The SMILES string of the molecule is COc1cc(/C=C2\C(=O)NC(=O)N(c3ccccc3C)C2=O)ccc1O. The Hall–Kier alpha value is -3.61. The highest BCUT2D eigenvalue weighted by Gasteiger charge is 2.37. The Morgan fingerprint density at radius 3 is 2.54 bits per heavy atom. The predicted octanol–water partition coefficient (Wildman–Crippen LogP) is 2.38. The van der Waals surface area contributed by atoms with E-state index in [9.17, 15) is 19.5 Å². The molecule has 0 unspecified atom stereocenters. The molecule has 0 aliphatic carbocycles. The van der Waals surface area contributed by atoms with Crippen molar-refractivity contribution >= 4 is 29.6 Å². The number of barbiturate groups is 1. The molecule has 2 aromatic rings. The Kier molecular flexibility index (Phi) is 4.45. The first-order valence-corrected chi connectivity index (χ1v) is 7.76. The maximum absolute atomic E-state index is 12.8. The monoisotopic (exact) mass is 352 g/mol. The number of rotatable bonds is 3. The largest absolute Gasteiger partial charge is 0.504 e. The van der Waals surface area contributed by atoms with E-state index in [0.29, 0.717) is 11.3 Å². The smallest absolute Gasteiger partial charge is 0.335 e. The molecular weight excluding hydrogens is 336 g/mol. The molecule has 1 saturated heterocycles. The fourth-order valence-electron chi connectivity index (χ4n) is 2.64. The number of ether oxygens (including phenoxy) is 1. The zero-order valence-electron chi connectivity index (χ0n) is 14.1. The van der Waals surface area contributed by atoms with E-state index in [1.54, 1.807) is 31.2 Å². The van der Waals surface area contributed by atoms with Crippen molar-refractivity contribution in [2.24, 2.45) is 0 Å². The lowest BCUT2D eigenvalue weighted by Gasteiger charge is -2.27. The number of nitrogens with zero attached hydrogens (tertiary/aromatic N) is 1. The summed E-state index contributed by atoms with van der Waals surface area (Å²) >= 11 is 0. The lowest BCUT2D eigenvalue weighted by Crippen LogP contribution is -2.54. The van der Waals surface area contributed by atoms with E-state index < -0.39 is 17.8 Å². The van der Waals surface area contributed by atoms with Gasteiger partial charge in [-0.3, -0.25) is 14.9 Å². The van der Waals surface area contributed by atoms with Crippen LogP contribution in [0.5, 0.6) is 11.5 Å². The topological polar surface area (TPSA) is 95.9 Å². The second-order valence-electron chi connectivity index (χ2n) is 5.68. The van der Waals surface area contributed by atoms with E-state index >= 15 is 0 Å². The molecule has 7 nitrogen and oxygen atoms in total.